The summed E-state index contributed by atoms with van der Waals surface area (Å²) < 4.78 is 4.28. The van der Waals surface area contributed by atoms with Crippen LogP contribution in [0.3, 0.4) is 0 Å². The van der Waals surface area contributed by atoms with Gasteiger partial charge in [-0.1, -0.05) is 6.58 Å². The third-order valence-corrected chi connectivity index (χ3v) is 0.539. The molecule has 0 radical (unpaired) electrons. The molecule has 0 heterocycles. The van der Waals surface area contributed by atoms with Gasteiger partial charge in [-0.2, -0.15) is 4.99 Å². The van der Waals surface area contributed by atoms with Crippen LogP contribution in [0.2, 0.25) is 0 Å². The first-order valence-electron chi connectivity index (χ1n) is 2.36. The van der Waals surface area contributed by atoms with Crippen molar-refractivity contribution in [3.8, 4) is 0 Å². The van der Waals surface area contributed by atoms with Crippen LogP contribution in [-0.2, 0) is 14.3 Å². The van der Waals surface area contributed by atoms with E-state index in [4.69, 9.17) is 0 Å². The fraction of sp³-hybridized carbons (Fsp3) is 0. The second-order valence-corrected chi connectivity index (χ2v) is 1.15. The average Bonchev–Trinajstić information content (AvgIpc) is 1.98. The van der Waals surface area contributed by atoms with Crippen LogP contribution in [0.25, 0.3) is 0 Å². The van der Waals surface area contributed by atoms with Crippen molar-refractivity contribution in [2.75, 3.05) is 0 Å². The fourth-order valence-corrected chi connectivity index (χ4v) is 0.206. The summed E-state index contributed by atoms with van der Waals surface area (Å²) in [6.07, 6.45) is 4.20. The molecule has 0 spiro atoms. The molecular formula is C6H5NO3. The van der Waals surface area contributed by atoms with Crippen LogP contribution >= 0.6 is 0 Å². The molecule has 0 aliphatic heterocycles. The van der Waals surface area contributed by atoms with Crippen molar-refractivity contribution in [2.45, 2.75) is 0 Å². The highest BCUT2D eigenvalue weighted by Crippen LogP contribution is 1.80. The Kier molecular flexibility index (Phi) is 4.55. The van der Waals surface area contributed by atoms with Crippen LogP contribution in [0.4, 0.5) is 0 Å². The molecule has 4 nitrogen and oxygen atoms in total. The molecule has 10 heavy (non-hydrogen) atoms. The first-order valence-corrected chi connectivity index (χ1v) is 2.36. The van der Waals surface area contributed by atoms with E-state index in [1.54, 1.807) is 0 Å². The van der Waals surface area contributed by atoms with Gasteiger partial charge in [0.1, 0.15) is 6.26 Å². The Morgan fingerprint density at radius 3 is 2.90 bits per heavy atom. The van der Waals surface area contributed by atoms with Crippen LogP contribution in [0, 0.1) is 0 Å². The van der Waals surface area contributed by atoms with E-state index < -0.39 is 5.97 Å². The standard InChI is InChI=1S/C6H5NO3/c1-2-6(9)10-4-3-7-5-8/h2-4H,1H2/b4-3+. The van der Waals surface area contributed by atoms with Crippen LogP contribution < -0.4 is 0 Å². The third-order valence-electron chi connectivity index (χ3n) is 0.539. The molecule has 52 valence electrons. The van der Waals surface area contributed by atoms with Gasteiger partial charge >= 0.3 is 5.97 Å². The summed E-state index contributed by atoms with van der Waals surface area (Å²) >= 11 is 0. The number of isocyanates is 1. The van der Waals surface area contributed by atoms with Crippen molar-refractivity contribution in [2.24, 2.45) is 4.99 Å². The average molecular weight is 139 g/mol. The van der Waals surface area contributed by atoms with Crippen molar-refractivity contribution in [3.05, 3.63) is 25.1 Å². The molecule has 0 unspecified atom stereocenters. The zero-order valence-electron chi connectivity index (χ0n) is 5.11. The maximum Gasteiger partial charge on any atom is 0.335 e. The maximum atomic E-state index is 10.2. The molecule has 0 saturated carbocycles. The van der Waals surface area contributed by atoms with Gasteiger partial charge < -0.3 is 4.74 Å². The number of carbonyl (C=O) groups is 1. The second kappa shape index (κ2) is 5.47. The molecule has 0 rings (SSSR count). The number of carbonyl (C=O) groups excluding carboxylic acids is 2. The van der Waals surface area contributed by atoms with Gasteiger partial charge in [0.25, 0.3) is 0 Å². The highest BCUT2D eigenvalue weighted by atomic mass is 16.5. The molecule has 0 saturated heterocycles. The van der Waals surface area contributed by atoms with E-state index in [2.05, 4.69) is 16.3 Å². The van der Waals surface area contributed by atoms with Crippen LogP contribution in [-0.4, -0.2) is 12.0 Å². The van der Waals surface area contributed by atoms with E-state index in [0.717, 1.165) is 18.5 Å². The fourth-order valence-electron chi connectivity index (χ4n) is 0.206. The van der Waals surface area contributed by atoms with Crippen molar-refractivity contribution in [1.29, 1.82) is 0 Å². The Hall–Kier alpha value is -1.67. The molecule has 0 aromatic rings. The topological polar surface area (TPSA) is 55.7 Å². The number of hydrogen-bond donors (Lipinski definition) is 0. The summed E-state index contributed by atoms with van der Waals surface area (Å²) in [5, 5.41) is 0. The van der Waals surface area contributed by atoms with Gasteiger partial charge in [0.05, 0.1) is 6.20 Å². The normalized spacial score (nSPS) is 8.40. The summed E-state index contributed by atoms with van der Waals surface area (Å²) in [4.78, 5) is 22.6. The molecule has 0 amide bonds. The lowest BCUT2D eigenvalue weighted by Crippen LogP contribution is -1.91. The van der Waals surface area contributed by atoms with Crippen molar-refractivity contribution >= 4 is 12.0 Å². The van der Waals surface area contributed by atoms with Crippen molar-refractivity contribution in [1.82, 2.24) is 0 Å². The van der Waals surface area contributed by atoms with Gasteiger partial charge in [-0.25, -0.2) is 9.59 Å². The summed E-state index contributed by atoms with van der Waals surface area (Å²) in [5.41, 5.74) is 0. The molecule has 0 N–H and O–H groups in total. The minimum atomic E-state index is -0.600. The Balaban J connectivity index is 3.62. The van der Waals surface area contributed by atoms with Gasteiger partial charge in [-0.05, 0) is 0 Å². The Labute approximate surface area is 57.5 Å². The molecule has 0 bridgehead atoms. The van der Waals surface area contributed by atoms with Gasteiger partial charge in [0, 0.05) is 6.08 Å². The molecule has 0 aliphatic carbocycles. The van der Waals surface area contributed by atoms with Gasteiger partial charge in [-0.3, -0.25) is 0 Å². The van der Waals surface area contributed by atoms with Crippen molar-refractivity contribution in [3.63, 3.8) is 0 Å². The monoisotopic (exact) mass is 139 g/mol. The van der Waals surface area contributed by atoms with Crippen molar-refractivity contribution < 1.29 is 14.3 Å². The number of hydrogen-bond acceptors (Lipinski definition) is 4. The molecule has 0 atom stereocenters. The van der Waals surface area contributed by atoms with E-state index in [-0.39, 0.29) is 0 Å². The van der Waals surface area contributed by atoms with E-state index >= 15 is 0 Å². The predicted octanol–water partition coefficient (Wildman–Crippen LogP) is 0.523. The van der Waals surface area contributed by atoms with E-state index in [1.165, 1.54) is 6.08 Å². The summed E-state index contributed by atoms with van der Waals surface area (Å²) in [6.45, 7) is 3.14. The number of esters is 1. The first-order chi connectivity index (χ1) is 4.81. The van der Waals surface area contributed by atoms with E-state index in [0.29, 0.717) is 0 Å². The highest BCUT2D eigenvalue weighted by molar-refractivity contribution is 5.81. The zero-order chi connectivity index (χ0) is 7.82. The molecular weight excluding hydrogens is 134 g/mol. The summed E-state index contributed by atoms with van der Waals surface area (Å²) in [6, 6.07) is 0. The minimum Gasteiger partial charge on any atom is -0.430 e. The molecule has 0 fully saturated rings. The predicted molar refractivity (Wildman–Crippen MR) is 33.6 cm³/mol. The van der Waals surface area contributed by atoms with Gasteiger partial charge in [0.15, 0.2) is 0 Å². The molecule has 0 aromatic carbocycles. The number of rotatable bonds is 3. The lowest BCUT2D eigenvalue weighted by Gasteiger charge is -1.86. The zero-order valence-corrected chi connectivity index (χ0v) is 5.11. The largest absolute Gasteiger partial charge is 0.430 e. The molecule has 4 heteroatoms. The highest BCUT2D eigenvalue weighted by Gasteiger charge is 1.86. The Bertz CT molecular complexity index is 201. The minimum absolute atomic E-state index is 0.600. The lowest BCUT2D eigenvalue weighted by atomic mass is 10.7. The number of nitrogens with zero attached hydrogens (tertiary/aromatic N) is 1. The van der Waals surface area contributed by atoms with E-state index in [9.17, 15) is 9.59 Å². The van der Waals surface area contributed by atoms with Crippen LogP contribution in [0.15, 0.2) is 30.1 Å². The smallest absolute Gasteiger partial charge is 0.335 e. The van der Waals surface area contributed by atoms with Crippen LogP contribution in [0.5, 0.6) is 0 Å². The maximum absolute atomic E-state index is 10.2. The number of ether oxygens (including phenoxy) is 1. The summed E-state index contributed by atoms with van der Waals surface area (Å²) in [7, 11) is 0. The third kappa shape index (κ3) is 4.49. The van der Waals surface area contributed by atoms with E-state index in [1.807, 2.05) is 0 Å². The summed E-state index contributed by atoms with van der Waals surface area (Å²) in [5.74, 6) is -0.600. The number of aliphatic imine (C=N–C) groups is 1. The second-order valence-electron chi connectivity index (χ2n) is 1.15. The first kappa shape index (κ1) is 8.33. The quantitative estimate of drug-likeness (QED) is 0.188. The Morgan fingerprint density at radius 1 is 1.70 bits per heavy atom. The molecule has 0 aliphatic rings. The van der Waals surface area contributed by atoms with Crippen LogP contribution in [0.1, 0.15) is 0 Å². The lowest BCUT2D eigenvalue weighted by molar-refractivity contribution is -0.132. The van der Waals surface area contributed by atoms with Gasteiger partial charge in [-0.15, -0.1) is 0 Å². The van der Waals surface area contributed by atoms with Gasteiger partial charge in [0.2, 0.25) is 6.08 Å². The Morgan fingerprint density at radius 2 is 2.40 bits per heavy atom. The molecule has 0 aromatic heterocycles. The SMILES string of the molecule is C=CC(=O)O/C=C/N=C=O.